The number of hydrogen-bond donors (Lipinski definition) is 2. The lowest BCUT2D eigenvalue weighted by atomic mass is 9.87. The van der Waals surface area contributed by atoms with Gasteiger partial charge < -0.3 is 10.4 Å². The molecule has 1 aliphatic carbocycles. The first-order valence-electron chi connectivity index (χ1n) is 4.63. The Balaban J connectivity index is 2.13. The zero-order valence-electron chi connectivity index (χ0n) is 7.55. The molecule has 0 aromatic heterocycles. The highest BCUT2D eigenvalue weighted by Gasteiger charge is 2.17. The minimum absolute atomic E-state index is 0.110. The van der Waals surface area contributed by atoms with E-state index >= 15 is 0 Å². The van der Waals surface area contributed by atoms with E-state index in [9.17, 15) is 4.79 Å². The number of hydrogen-bond acceptors (Lipinski definition) is 2. The van der Waals surface area contributed by atoms with Crippen molar-refractivity contribution in [2.24, 2.45) is 5.92 Å². The fraction of sp³-hybridized carbons (Fsp3) is 0.889. The molecular weight excluding hydrogens is 154 g/mol. The highest BCUT2D eigenvalue weighted by Crippen LogP contribution is 2.23. The molecule has 0 aromatic carbocycles. The molecular formula is C9H17NO2. The summed E-state index contributed by atoms with van der Waals surface area (Å²) in [5, 5.41) is 11.5. The van der Waals surface area contributed by atoms with Gasteiger partial charge in [0.05, 0.1) is 6.54 Å². The highest BCUT2D eigenvalue weighted by atomic mass is 16.4. The Morgan fingerprint density at radius 1 is 1.42 bits per heavy atom. The molecule has 0 amide bonds. The van der Waals surface area contributed by atoms with E-state index in [1.54, 1.807) is 0 Å². The number of carboxylic acids is 1. The summed E-state index contributed by atoms with van der Waals surface area (Å²) in [6, 6.07) is 0.442. The van der Waals surface area contributed by atoms with Crippen LogP contribution in [0.3, 0.4) is 0 Å². The third kappa shape index (κ3) is 3.22. The van der Waals surface area contributed by atoms with Gasteiger partial charge in [-0.3, -0.25) is 4.79 Å². The van der Waals surface area contributed by atoms with Gasteiger partial charge in [0.2, 0.25) is 0 Å². The number of carboxylic acid groups (broad SMARTS) is 1. The van der Waals surface area contributed by atoms with Crippen LogP contribution in [0, 0.1) is 5.92 Å². The Kier molecular flexibility index (Phi) is 3.53. The summed E-state index contributed by atoms with van der Waals surface area (Å²) in [6.45, 7) is 2.37. The number of rotatable bonds is 3. The van der Waals surface area contributed by atoms with Gasteiger partial charge >= 0.3 is 5.97 Å². The maximum atomic E-state index is 10.2. The van der Waals surface area contributed by atoms with Crippen molar-refractivity contribution in [1.29, 1.82) is 0 Å². The second kappa shape index (κ2) is 4.45. The third-order valence-corrected chi connectivity index (χ3v) is 2.56. The maximum Gasteiger partial charge on any atom is 0.317 e. The van der Waals surface area contributed by atoms with Crippen LogP contribution in [0.15, 0.2) is 0 Å². The topological polar surface area (TPSA) is 49.3 Å². The molecule has 3 heteroatoms. The van der Waals surface area contributed by atoms with Crippen molar-refractivity contribution < 1.29 is 9.90 Å². The molecule has 0 radical (unpaired) electrons. The Morgan fingerprint density at radius 3 is 2.50 bits per heavy atom. The molecule has 0 aromatic rings. The molecule has 0 bridgehead atoms. The zero-order valence-corrected chi connectivity index (χ0v) is 7.55. The third-order valence-electron chi connectivity index (χ3n) is 2.56. The monoisotopic (exact) mass is 171 g/mol. The lowest BCUT2D eigenvalue weighted by molar-refractivity contribution is -0.136. The summed E-state index contributed by atoms with van der Waals surface area (Å²) < 4.78 is 0. The van der Waals surface area contributed by atoms with E-state index in [2.05, 4.69) is 12.2 Å². The molecule has 0 atom stereocenters. The molecule has 0 unspecified atom stereocenters. The molecule has 1 fully saturated rings. The van der Waals surface area contributed by atoms with Gasteiger partial charge in [0.25, 0.3) is 0 Å². The van der Waals surface area contributed by atoms with Crippen LogP contribution >= 0.6 is 0 Å². The standard InChI is InChI=1S/C9H17NO2/c1-7-2-4-8(5-3-7)10-6-9(11)12/h7-8,10H,2-6H2,1H3,(H,11,12). The van der Waals surface area contributed by atoms with Gasteiger partial charge in [-0.05, 0) is 31.6 Å². The zero-order chi connectivity index (χ0) is 8.97. The van der Waals surface area contributed by atoms with Crippen molar-refractivity contribution in [2.75, 3.05) is 6.54 Å². The van der Waals surface area contributed by atoms with Crippen LogP contribution in [0.5, 0.6) is 0 Å². The van der Waals surface area contributed by atoms with E-state index in [1.807, 2.05) is 0 Å². The van der Waals surface area contributed by atoms with Crippen molar-refractivity contribution in [2.45, 2.75) is 38.6 Å². The fourth-order valence-corrected chi connectivity index (χ4v) is 1.70. The predicted molar refractivity (Wildman–Crippen MR) is 47.1 cm³/mol. The van der Waals surface area contributed by atoms with Crippen molar-refractivity contribution in [3.63, 3.8) is 0 Å². The van der Waals surface area contributed by atoms with Crippen LogP contribution in [0.2, 0.25) is 0 Å². The molecule has 0 aliphatic heterocycles. The van der Waals surface area contributed by atoms with Crippen molar-refractivity contribution >= 4 is 5.97 Å². The molecule has 70 valence electrons. The first kappa shape index (κ1) is 9.52. The van der Waals surface area contributed by atoms with Crippen molar-refractivity contribution in [3.05, 3.63) is 0 Å². The first-order chi connectivity index (χ1) is 5.68. The molecule has 12 heavy (non-hydrogen) atoms. The maximum absolute atomic E-state index is 10.2. The normalized spacial score (nSPS) is 30.1. The molecule has 1 rings (SSSR count). The Hall–Kier alpha value is -0.570. The highest BCUT2D eigenvalue weighted by molar-refractivity contribution is 5.69. The van der Waals surface area contributed by atoms with Gasteiger partial charge in [-0.1, -0.05) is 6.92 Å². The van der Waals surface area contributed by atoms with E-state index < -0.39 is 5.97 Å². The molecule has 0 heterocycles. The number of aliphatic carboxylic acids is 1. The van der Waals surface area contributed by atoms with Crippen LogP contribution in [-0.2, 0) is 4.79 Å². The Labute approximate surface area is 73.2 Å². The van der Waals surface area contributed by atoms with Gasteiger partial charge in [0.1, 0.15) is 0 Å². The molecule has 2 N–H and O–H groups in total. The van der Waals surface area contributed by atoms with Crippen LogP contribution in [0.25, 0.3) is 0 Å². The van der Waals surface area contributed by atoms with Crippen molar-refractivity contribution in [3.8, 4) is 0 Å². The second-order valence-corrected chi connectivity index (χ2v) is 3.73. The van der Waals surface area contributed by atoms with Gasteiger partial charge in [0.15, 0.2) is 0 Å². The van der Waals surface area contributed by atoms with E-state index in [0.29, 0.717) is 6.04 Å². The smallest absolute Gasteiger partial charge is 0.317 e. The van der Waals surface area contributed by atoms with Crippen LogP contribution < -0.4 is 5.32 Å². The summed E-state index contributed by atoms with van der Waals surface area (Å²) in [5.41, 5.74) is 0. The lowest BCUT2D eigenvalue weighted by Crippen LogP contribution is -2.36. The molecule has 3 nitrogen and oxygen atoms in total. The van der Waals surface area contributed by atoms with Crippen LogP contribution in [0.1, 0.15) is 32.6 Å². The lowest BCUT2D eigenvalue weighted by Gasteiger charge is -2.26. The van der Waals surface area contributed by atoms with E-state index in [4.69, 9.17) is 5.11 Å². The molecule has 0 saturated heterocycles. The summed E-state index contributed by atoms with van der Waals surface area (Å²) in [7, 11) is 0. The van der Waals surface area contributed by atoms with E-state index in [0.717, 1.165) is 18.8 Å². The van der Waals surface area contributed by atoms with Gasteiger partial charge in [-0.15, -0.1) is 0 Å². The molecule has 0 spiro atoms. The van der Waals surface area contributed by atoms with E-state index in [-0.39, 0.29) is 6.54 Å². The fourth-order valence-electron chi connectivity index (χ4n) is 1.70. The summed E-state index contributed by atoms with van der Waals surface area (Å²) >= 11 is 0. The quantitative estimate of drug-likeness (QED) is 0.671. The minimum Gasteiger partial charge on any atom is -0.480 e. The second-order valence-electron chi connectivity index (χ2n) is 3.73. The SMILES string of the molecule is CC1CCC(NCC(=O)O)CC1. The van der Waals surface area contributed by atoms with Gasteiger partial charge in [-0.2, -0.15) is 0 Å². The largest absolute Gasteiger partial charge is 0.480 e. The minimum atomic E-state index is -0.756. The average Bonchev–Trinajstić information content (AvgIpc) is 2.03. The number of nitrogens with one attached hydrogen (secondary N) is 1. The number of carbonyl (C=O) groups is 1. The Bertz CT molecular complexity index is 151. The summed E-state index contributed by atoms with van der Waals surface area (Å²) in [4.78, 5) is 10.2. The van der Waals surface area contributed by atoms with Crippen molar-refractivity contribution in [1.82, 2.24) is 5.32 Å². The van der Waals surface area contributed by atoms with Crippen LogP contribution in [-0.4, -0.2) is 23.7 Å². The van der Waals surface area contributed by atoms with Crippen LogP contribution in [0.4, 0.5) is 0 Å². The summed E-state index contributed by atoms with van der Waals surface area (Å²) in [6.07, 6.45) is 4.73. The molecule has 1 saturated carbocycles. The average molecular weight is 171 g/mol. The van der Waals surface area contributed by atoms with Gasteiger partial charge in [0, 0.05) is 6.04 Å². The molecule has 1 aliphatic rings. The first-order valence-corrected chi connectivity index (χ1v) is 4.63. The summed E-state index contributed by atoms with van der Waals surface area (Å²) in [5.74, 6) is 0.0708. The van der Waals surface area contributed by atoms with Gasteiger partial charge in [-0.25, -0.2) is 0 Å². The Morgan fingerprint density at radius 2 is 2.00 bits per heavy atom. The predicted octanol–water partition coefficient (Wildman–Crippen LogP) is 1.24. The van der Waals surface area contributed by atoms with E-state index in [1.165, 1.54) is 12.8 Å².